The number of benzene rings is 2. The van der Waals surface area contributed by atoms with Gasteiger partial charge in [-0.1, -0.05) is 39.8 Å². The van der Waals surface area contributed by atoms with E-state index in [1.165, 1.54) is 18.4 Å². The number of aliphatic hydroxyl groups is 1. The van der Waals surface area contributed by atoms with E-state index in [1.807, 2.05) is 32.0 Å². The number of nitriles is 1. The van der Waals surface area contributed by atoms with Crippen LogP contribution in [-0.2, 0) is 21.4 Å². The first-order valence-corrected chi connectivity index (χ1v) is 15.3. The van der Waals surface area contributed by atoms with Gasteiger partial charge >= 0.3 is 0 Å². The van der Waals surface area contributed by atoms with E-state index in [9.17, 15) is 20.0 Å². The third kappa shape index (κ3) is 4.48. The van der Waals surface area contributed by atoms with Crippen LogP contribution in [-0.4, -0.2) is 39.1 Å². The van der Waals surface area contributed by atoms with Crippen LogP contribution in [0.15, 0.2) is 51.5 Å². The van der Waals surface area contributed by atoms with Crippen molar-refractivity contribution < 1.29 is 32.7 Å². The molecule has 1 amide bonds. The Kier molecular flexibility index (Phi) is 6.97. The minimum atomic E-state index is -1.28. The fourth-order valence-corrected chi connectivity index (χ4v) is 6.75. The molecule has 5 atom stereocenters. The van der Waals surface area contributed by atoms with Gasteiger partial charge in [0.2, 0.25) is 17.7 Å². The summed E-state index contributed by atoms with van der Waals surface area (Å²) in [6.45, 7) is 7.28. The number of amides is 1. The van der Waals surface area contributed by atoms with Gasteiger partial charge < -0.3 is 29.3 Å². The predicted molar refractivity (Wildman–Crippen MR) is 161 cm³/mol. The van der Waals surface area contributed by atoms with Gasteiger partial charge in [-0.05, 0) is 48.1 Å². The van der Waals surface area contributed by atoms with E-state index in [2.05, 4.69) is 15.6 Å². The standard InChI is InChI=1S/C34H32FN5O6/c1-15(2)26-32-40-27(31-37-20(13-36)14-44-31)29(46-32)34-21-12-19(35)6-7-23(21)38-33(34)45-25-8-5-17(10-22(25)34)9-18(30(43)39-26)11-24(41)28(42)16(3)4/h5-8,10,12,14-16,18,26,28,33,38,42H,9,11H2,1-4H3,(H,39,43)/t18?,26-,28-,33+,34-/m0/s1. The zero-order valence-electron chi connectivity index (χ0n) is 25.6. The summed E-state index contributed by atoms with van der Waals surface area (Å²) in [5.41, 5.74) is 1.45. The second-order valence-corrected chi connectivity index (χ2v) is 12.8. The molecule has 3 N–H and O–H groups in total. The first-order valence-electron chi connectivity index (χ1n) is 15.3. The predicted octanol–water partition coefficient (Wildman–Crippen LogP) is 4.78. The summed E-state index contributed by atoms with van der Waals surface area (Å²) >= 11 is 0. The van der Waals surface area contributed by atoms with Crippen molar-refractivity contribution in [3.8, 4) is 23.4 Å². The molecule has 0 saturated heterocycles. The molecule has 0 saturated carbocycles. The van der Waals surface area contributed by atoms with Gasteiger partial charge in [0.25, 0.3) is 0 Å². The molecular formula is C34H32FN5O6. The van der Waals surface area contributed by atoms with E-state index in [0.717, 1.165) is 5.56 Å². The van der Waals surface area contributed by atoms with E-state index in [4.69, 9.17) is 18.6 Å². The van der Waals surface area contributed by atoms with Gasteiger partial charge in [-0.25, -0.2) is 9.37 Å². The number of carbonyl (C=O) groups is 2. The number of carbonyl (C=O) groups excluding carboxylic acids is 2. The molecule has 1 unspecified atom stereocenters. The van der Waals surface area contributed by atoms with Gasteiger partial charge in [-0.15, -0.1) is 0 Å². The minimum absolute atomic E-state index is 0.0129. The van der Waals surface area contributed by atoms with Crippen LogP contribution in [0.25, 0.3) is 11.6 Å². The summed E-state index contributed by atoms with van der Waals surface area (Å²) in [5, 5.41) is 26.4. The summed E-state index contributed by atoms with van der Waals surface area (Å²) in [7, 11) is 0. The summed E-state index contributed by atoms with van der Waals surface area (Å²) < 4.78 is 33.9. The molecule has 2 aromatic carbocycles. The first-order chi connectivity index (χ1) is 22.0. The Bertz CT molecular complexity index is 1920. The molecule has 2 aromatic heterocycles. The molecule has 11 nitrogen and oxygen atoms in total. The molecule has 0 radical (unpaired) electrons. The van der Waals surface area contributed by atoms with Crippen molar-refractivity contribution in [1.29, 1.82) is 5.26 Å². The number of oxazole rings is 2. The number of anilines is 1. The smallest absolute Gasteiger partial charge is 0.250 e. The molecule has 4 aromatic rings. The van der Waals surface area contributed by atoms with Gasteiger partial charge in [-0.2, -0.15) is 10.2 Å². The highest BCUT2D eigenvalue weighted by molar-refractivity contribution is 5.89. The second kappa shape index (κ2) is 10.8. The highest BCUT2D eigenvalue weighted by Crippen LogP contribution is 2.59. The average molecular weight is 626 g/mol. The maximum atomic E-state index is 15.1. The van der Waals surface area contributed by atoms with E-state index in [0.29, 0.717) is 22.6 Å². The topological polar surface area (TPSA) is 164 Å². The molecule has 236 valence electrons. The number of Topliss-reactive ketones (excluding diaryl/α,β-unsaturated/α-hetero) is 1. The van der Waals surface area contributed by atoms with Crippen molar-refractivity contribution in [3.05, 3.63) is 82.5 Å². The average Bonchev–Trinajstić information content (AvgIpc) is 3.79. The second-order valence-electron chi connectivity index (χ2n) is 12.8. The van der Waals surface area contributed by atoms with Crippen LogP contribution in [0.1, 0.15) is 74.2 Å². The summed E-state index contributed by atoms with van der Waals surface area (Å²) in [6, 6.07) is 11.1. The third-order valence-corrected chi connectivity index (χ3v) is 9.12. The van der Waals surface area contributed by atoms with Crippen molar-refractivity contribution >= 4 is 17.4 Å². The summed E-state index contributed by atoms with van der Waals surface area (Å²) in [6.07, 6.45) is -0.770. The van der Waals surface area contributed by atoms with Gasteiger partial charge in [0.1, 0.15) is 41.5 Å². The molecule has 7 rings (SSSR count). The SMILES string of the molecule is CC(C)[C@H](O)C(=O)CC1Cc2ccc3c(c2)[C@@]2(c4cc(F)ccc4N[C@@H]2O3)c2oc(nc2-c2nc(C#N)co2)[C@H](C(C)C)NC1=O. The highest BCUT2D eigenvalue weighted by atomic mass is 19.1. The van der Waals surface area contributed by atoms with Crippen LogP contribution in [0.2, 0.25) is 0 Å². The molecule has 3 aliphatic rings. The molecule has 4 bridgehead atoms. The fraction of sp³-hybridized carbons (Fsp3) is 0.382. The zero-order valence-corrected chi connectivity index (χ0v) is 25.6. The minimum Gasteiger partial charge on any atom is -0.469 e. The van der Waals surface area contributed by atoms with Crippen molar-refractivity contribution in [2.75, 3.05) is 5.32 Å². The molecule has 0 fully saturated rings. The molecule has 46 heavy (non-hydrogen) atoms. The number of nitrogens with zero attached hydrogens (tertiary/aromatic N) is 3. The number of rotatable bonds is 6. The normalized spacial score (nSPS) is 23.4. The lowest BCUT2D eigenvalue weighted by molar-refractivity contribution is -0.135. The van der Waals surface area contributed by atoms with Gasteiger partial charge in [-0.3, -0.25) is 9.59 Å². The van der Waals surface area contributed by atoms with E-state index < -0.39 is 47.2 Å². The number of aromatic nitrogens is 2. The van der Waals surface area contributed by atoms with Gasteiger partial charge in [0.05, 0.1) is 0 Å². The Morgan fingerprint density at radius 2 is 1.96 bits per heavy atom. The molecule has 5 heterocycles. The number of fused-ring (bicyclic) bond motifs is 4. The summed E-state index contributed by atoms with van der Waals surface area (Å²) in [5.74, 6) is -1.73. The monoisotopic (exact) mass is 625 g/mol. The fourth-order valence-electron chi connectivity index (χ4n) is 6.75. The van der Waals surface area contributed by atoms with Gasteiger partial charge in [0, 0.05) is 29.2 Å². The Balaban J connectivity index is 1.50. The number of aliphatic hydroxyl groups excluding tert-OH is 1. The maximum absolute atomic E-state index is 15.1. The number of nitrogens with one attached hydrogen (secondary N) is 2. The Hall–Kier alpha value is -5.02. The number of hydrogen-bond donors (Lipinski definition) is 3. The van der Waals surface area contributed by atoms with Crippen LogP contribution in [0.4, 0.5) is 10.1 Å². The number of hydrogen-bond acceptors (Lipinski definition) is 10. The maximum Gasteiger partial charge on any atom is 0.250 e. The van der Waals surface area contributed by atoms with E-state index in [1.54, 1.807) is 26.0 Å². The quantitative estimate of drug-likeness (QED) is 0.272. The Morgan fingerprint density at radius 3 is 2.67 bits per heavy atom. The van der Waals surface area contributed by atoms with E-state index in [-0.39, 0.29) is 53.6 Å². The lowest BCUT2D eigenvalue weighted by atomic mass is 9.72. The van der Waals surface area contributed by atoms with Crippen molar-refractivity contribution in [3.63, 3.8) is 0 Å². The van der Waals surface area contributed by atoms with Crippen LogP contribution in [0, 0.1) is 34.9 Å². The number of ether oxygens (including phenoxy) is 1. The Morgan fingerprint density at radius 1 is 1.15 bits per heavy atom. The molecule has 12 heteroatoms. The van der Waals surface area contributed by atoms with Crippen LogP contribution >= 0.6 is 0 Å². The van der Waals surface area contributed by atoms with Crippen molar-refractivity contribution in [2.45, 2.75) is 64.3 Å². The van der Waals surface area contributed by atoms with Crippen LogP contribution < -0.4 is 15.4 Å². The van der Waals surface area contributed by atoms with Crippen LogP contribution in [0.3, 0.4) is 0 Å². The van der Waals surface area contributed by atoms with E-state index >= 15 is 4.39 Å². The lowest BCUT2D eigenvalue weighted by Crippen LogP contribution is -2.41. The molecule has 0 aliphatic carbocycles. The zero-order chi connectivity index (χ0) is 32.5. The molecular weight excluding hydrogens is 593 g/mol. The first kappa shape index (κ1) is 29.7. The van der Waals surface area contributed by atoms with Crippen molar-refractivity contribution in [2.24, 2.45) is 17.8 Å². The largest absolute Gasteiger partial charge is 0.469 e. The Labute approximate surface area is 263 Å². The number of halogens is 1. The van der Waals surface area contributed by atoms with Crippen molar-refractivity contribution in [1.82, 2.24) is 15.3 Å². The molecule has 3 aliphatic heterocycles. The van der Waals surface area contributed by atoms with Gasteiger partial charge in [0.15, 0.2) is 29.2 Å². The lowest BCUT2D eigenvalue weighted by Gasteiger charge is -2.28. The third-order valence-electron chi connectivity index (χ3n) is 9.12. The molecule has 1 spiro atoms. The number of ketones is 1. The van der Waals surface area contributed by atoms with Crippen LogP contribution in [0.5, 0.6) is 5.75 Å². The highest BCUT2D eigenvalue weighted by Gasteiger charge is 2.61. The summed E-state index contributed by atoms with van der Waals surface area (Å²) in [4.78, 5) is 36.2.